The molecule has 4 atom stereocenters. The molecular weight excluding hydrogens is 372 g/mol. The first-order chi connectivity index (χ1) is 14.5. The molecule has 3 aliphatic rings. The van der Waals surface area contributed by atoms with Crippen LogP contribution in [0.5, 0.6) is 0 Å². The molecule has 0 spiro atoms. The van der Waals surface area contributed by atoms with Gasteiger partial charge in [-0.05, 0) is 86.7 Å². The summed E-state index contributed by atoms with van der Waals surface area (Å²) in [6.45, 7) is 4.46. The predicted octanol–water partition coefficient (Wildman–Crippen LogP) is 4.32. The van der Waals surface area contributed by atoms with Gasteiger partial charge in [0, 0.05) is 31.2 Å². The van der Waals surface area contributed by atoms with Crippen LogP contribution in [-0.2, 0) is 0 Å². The molecule has 1 aliphatic heterocycles. The monoisotopic (exact) mass is 406 g/mol. The van der Waals surface area contributed by atoms with Gasteiger partial charge in [0.05, 0.1) is 5.60 Å². The van der Waals surface area contributed by atoms with E-state index >= 15 is 0 Å². The minimum atomic E-state index is -0.601. The Labute approximate surface area is 179 Å². The fourth-order valence-corrected chi connectivity index (χ4v) is 5.93. The van der Waals surface area contributed by atoms with Crippen molar-refractivity contribution in [1.29, 1.82) is 0 Å². The smallest absolute Gasteiger partial charge is 0.253 e. The maximum atomic E-state index is 13.2. The van der Waals surface area contributed by atoms with Crippen LogP contribution in [0.4, 0.5) is 0 Å². The number of piperidine rings is 1. The molecular formula is C26H34N2O2. The van der Waals surface area contributed by atoms with Gasteiger partial charge in [0.15, 0.2) is 0 Å². The lowest BCUT2D eigenvalue weighted by molar-refractivity contribution is -0.144. The number of rotatable bonds is 4. The fourth-order valence-electron chi connectivity index (χ4n) is 5.93. The summed E-state index contributed by atoms with van der Waals surface area (Å²) in [7, 11) is 1.94. The van der Waals surface area contributed by atoms with E-state index in [2.05, 4.69) is 24.0 Å². The molecule has 0 bridgehead atoms. The number of likely N-dealkylation sites (tertiary alicyclic amines) is 1. The molecule has 1 saturated heterocycles. The average Bonchev–Trinajstić information content (AvgIpc) is 3.59. The molecule has 30 heavy (non-hydrogen) atoms. The molecule has 5 rings (SSSR count). The van der Waals surface area contributed by atoms with Crippen molar-refractivity contribution in [2.45, 2.75) is 63.1 Å². The zero-order valence-electron chi connectivity index (χ0n) is 18.3. The summed E-state index contributed by atoms with van der Waals surface area (Å²) < 4.78 is 0. The van der Waals surface area contributed by atoms with Crippen molar-refractivity contribution in [3.05, 3.63) is 48.0 Å². The van der Waals surface area contributed by atoms with E-state index in [-0.39, 0.29) is 23.9 Å². The molecule has 0 aromatic heterocycles. The minimum absolute atomic E-state index is 0.0930. The average molecular weight is 407 g/mol. The van der Waals surface area contributed by atoms with E-state index in [1.165, 1.54) is 12.8 Å². The summed E-state index contributed by atoms with van der Waals surface area (Å²) in [5.74, 6) is 1.23. The van der Waals surface area contributed by atoms with Gasteiger partial charge >= 0.3 is 0 Å². The van der Waals surface area contributed by atoms with Crippen molar-refractivity contribution >= 4 is 16.7 Å². The van der Waals surface area contributed by atoms with Crippen LogP contribution in [0.15, 0.2) is 42.5 Å². The Hall–Kier alpha value is -1.91. The minimum Gasteiger partial charge on any atom is -0.388 e. The molecule has 3 fully saturated rings. The van der Waals surface area contributed by atoms with E-state index < -0.39 is 5.60 Å². The molecule has 4 nitrogen and oxygen atoms in total. The molecule has 2 aliphatic carbocycles. The fraction of sp³-hybridized carbons (Fsp3) is 0.577. The van der Waals surface area contributed by atoms with E-state index in [4.69, 9.17) is 0 Å². The highest BCUT2D eigenvalue weighted by Gasteiger charge is 2.51. The number of nitrogens with zero attached hydrogens (tertiary/aromatic N) is 2. The Morgan fingerprint density at radius 3 is 2.67 bits per heavy atom. The Kier molecular flexibility index (Phi) is 5.11. The van der Waals surface area contributed by atoms with Crippen LogP contribution in [0.1, 0.15) is 55.8 Å². The predicted molar refractivity (Wildman–Crippen MR) is 120 cm³/mol. The third-order valence-corrected chi connectivity index (χ3v) is 8.23. The molecule has 4 heteroatoms. The van der Waals surface area contributed by atoms with Gasteiger partial charge in [-0.2, -0.15) is 0 Å². The van der Waals surface area contributed by atoms with Crippen LogP contribution in [0, 0.1) is 11.8 Å². The van der Waals surface area contributed by atoms with Gasteiger partial charge in [-0.3, -0.25) is 9.69 Å². The van der Waals surface area contributed by atoms with Crippen LogP contribution < -0.4 is 0 Å². The van der Waals surface area contributed by atoms with Crippen molar-refractivity contribution in [2.75, 3.05) is 20.1 Å². The molecule has 160 valence electrons. The maximum absolute atomic E-state index is 13.2. The number of hydrogen-bond donors (Lipinski definition) is 1. The first-order valence-corrected chi connectivity index (χ1v) is 11.7. The summed E-state index contributed by atoms with van der Waals surface area (Å²) in [4.78, 5) is 17.7. The molecule has 1 amide bonds. The van der Waals surface area contributed by atoms with Crippen LogP contribution in [-0.4, -0.2) is 58.6 Å². The normalized spacial score (nSPS) is 32.0. The number of fused-ring (bicyclic) bond motifs is 2. The molecule has 2 aromatic rings. The van der Waals surface area contributed by atoms with E-state index in [0.717, 1.165) is 61.0 Å². The third-order valence-electron chi connectivity index (χ3n) is 8.23. The maximum Gasteiger partial charge on any atom is 0.253 e. The highest BCUT2D eigenvalue weighted by molar-refractivity contribution is 5.98. The number of benzene rings is 2. The van der Waals surface area contributed by atoms with E-state index in [1.54, 1.807) is 0 Å². The topological polar surface area (TPSA) is 43.8 Å². The molecule has 1 heterocycles. The molecule has 0 radical (unpaired) electrons. The molecule has 2 saturated carbocycles. The standard InChI is InChI=1S/C26H34N2O2/c1-18-26(30)13-11-24(16-23(26)12-14-28(18)17-19-7-8-19)27(2)25(29)22-10-9-20-5-3-4-6-21(20)15-22/h3-6,9-10,15,18-19,23-24,30H,7-8,11-14,16-17H2,1-2H3/t18-,23?,24?,26?/m1/s1. The lowest BCUT2D eigenvalue weighted by Crippen LogP contribution is -2.63. The zero-order chi connectivity index (χ0) is 20.9. The second kappa shape index (κ2) is 7.65. The van der Waals surface area contributed by atoms with Crippen molar-refractivity contribution in [2.24, 2.45) is 11.8 Å². The zero-order valence-corrected chi connectivity index (χ0v) is 18.3. The molecule has 1 N–H and O–H groups in total. The largest absolute Gasteiger partial charge is 0.388 e. The Bertz CT molecular complexity index is 940. The van der Waals surface area contributed by atoms with E-state index in [1.807, 2.05) is 42.3 Å². The second-order valence-electron chi connectivity index (χ2n) is 10.00. The highest BCUT2D eigenvalue weighted by Crippen LogP contribution is 2.45. The number of carbonyl (C=O) groups is 1. The highest BCUT2D eigenvalue weighted by atomic mass is 16.3. The number of carbonyl (C=O) groups excluding carboxylic acids is 1. The van der Waals surface area contributed by atoms with Crippen LogP contribution in [0.25, 0.3) is 10.8 Å². The van der Waals surface area contributed by atoms with Gasteiger partial charge in [-0.15, -0.1) is 0 Å². The van der Waals surface area contributed by atoms with Crippen LogP contribution >= 0.6 is 0 Å². The summed E-state index contributed by atoms with van der Waals surface area (Å²) in [5, 5.41) is 13.9. The van der Waals surface area contributed by atoms with Crippen molar-refractivity contribution in [1.82, 2.24) is 9.80 Å². The lowest BCUT2D eigenvalue weighted by Gasteiger charge is -2.54. The van der Waals surface area contributed by atoms with Crippen LogP contribution in [0.3, 0.4) is 0 Å². The Morgan fingerprint density at radius 1 is 1.13 bits per heavy atom. The summed E-state index contributed by atoms with van der Waals surface area (Å²) in [5.41, 5.74) is 0.154. The number of amides is 1. The first kappa shape index (κ1) is 20.0. The molecule has 2 aromatic carbocycles. The Morgan fingerprint density at radius 2 is 1.90 bits per heavy atom. The van der Waals surface area contributed by atoms with Gasteiger partial charge in [0.1, 0.15) is 0 Å². The van der Waals surface area contributed by atoms with Crippen molar-refractivity contribution in [3.63, 3.8) is 0 Å². The first-order valence-electron chi connectivity index (χ1n) is 11.7. The van der Waals surface area contributed by atoms with Gasteiger partial charge in [-0.1, -0.05) is 30.3 Å². The second-order valence-corrected chi connectivity index (χ2v) is 10.00. The summed E-state index contributed by atoms with van der Waals surface area (Å²) in [6, 6.07) is 14.6. The number of hydrogen-bond acceptors (Lipinski definition) is 3. The van der Waals surface area contributed by atoms with Crippen molar-refractivity contribution < 1.29 is 9.90 Å². The Balaban J connectivity index is 1.28. The molecule has 3 unspecified atom stereocenters. The van der Waals surface area contributed by atoms with E-state index in [9.17, 15) is 9.90 Å². The van der Waals surface area contributed by atoms with Crippen molar-refractivity contribution in [3.8, 4) is 0 Å². The van der Waals surface area contributed by atoms with Gasteiger partial charge in [-0.25, -0.2) is 0 Å². The SMILES string of the molecule is C[C@H]1N(CC2CC2)CCC2CC(N(C)C(=O)c3ccc4ccccc4c3)CCC21O. The lowest BCUT2D eigenvalue weighted by atomic mass is 9.66. The van der Waals surface area contributed by atoms with Gasteiger partial charge in [0.2, 0.25) is 0 Å². The summed E-state index contributed by atoms with van der Waals surface area (Å²) >= 11 is 0. The van der Waals surface area contributed by atoms with Gasteiger partial charge < -0.3 is 10.0 Å². The van der Waals surface area contributed by atoms with Gasteiger partial charge in [0.25, 0.3) is 5.91 Å². The third kappa shape index (κ3) is 3.54. The number of aliphatic hydroxyl groups is 1. The summed E-state index contributed by atoms with van der Waals surface area (Å²) in [6.07, 6.45) is 6.34. The van der Waals surface area contributed by atoms with E-state index in [0.29, 0.717) is 0 Å². The van der Waals surface area contributed by atoms with Crippen LogP contribution in [0.2, 0.25) is 0 Å². The quantitative estimate of drug-likeness (QED) is 0.823.